The van der Waals surface area contributed by atoms with Crippen molar-refractivity contribution in [3.05, 3.63) is 59.7 Å². The minimum absolute atomic E-state index is 0.175. The molecule has 0 saturated carbocycles. The minimum atomic E-state index is -1.20. The van der Waals surface area contributed by atoms with Crippen molar-refractivity contribution in [3.8, 4) is 0 Å². The maximum absolute atomic E-state index is 12.9. The van der Waals surface area contributed by atoms with Gasteiger partial charge in [-0.05, 0) is 70.9 Å². The van der Waals surface area contributed by atoms with Crippen molar-refractivity contribution in [3.63, 3.8) is 0 Å². The second-order valence-corrected chi connectivity index (χ2v) is 7.86. The molecule has 29 heavy (non-hydrogen) atoms. The zero-order valence-electron chi connectivity index (χ0n) is 18.4. The summed E-state index contributed by atoms with van der Waals surface area (Å²) in [7, 11) is 0. The molecule has 0 fully saturated rings. The van der Waals surface area contributed by atoms with Crippen LogP contribution in [-0.4, -0.2) is 24.9 Å². The van der Waals surface area contributed by atoms with Gasteiger partial charge in [0.25, 0.3) is 0 Å². The van der Waals surface area contributed by atoms with Crippen molar-refractivity contribution in [2.24, 2.45) is 5.41 Å². The molecule has 0 aromatic heterocycles. The molecule has 5 nitrogen and oxygen atoms in total. The monoisotopic (exact) mass is 395 g/mol. The van der Waals surface area contributed by atoms with Gasteiger partial charge in [-0.1, -0.05) is 30.3 Å². The third-order valence-corrected chi connectivity index (χ3v) is 5.37. The molecule has 2 aromatic carbocycles. The summed E-state index contributed by atoms with van der Waals surface area (Å²) in [5.74, 6) is -0.627. The second kappa shape index (κ2) is 9.59. The summed E-state index contributed by atoms with van der Waals surface area (Å²) in [6.45, 7) is 13.3. The number of carbonyl (C=O) groups is 2. The molecule has 0 aliphatic carbocycles. The maximum Gasteiger partial charge on any atom is 0.239 e. The van der Waals surface area contributed by atoms with Gasteiger partial charge >= 0.3 is 0 Å². The van der Waals surface area contributed by atoms with E-state index in [9.17, 15) is 9.59 Å². The first-order chi connectivity index (χ1) is 13.7. The van der Waals surface area contributed by atoms with Crippen molar-refractivity contribution in [2.45, 2.75) is 47.6 Å². The van der Waals surface area contributed by atoms with E-state index in [1.165, 1.54) is 0 Å². The fourth-order valence-corrected chi connectivity index (χ4v) is 3.16. The Kier molecular flexibility index (Phi) is 7.43. The van der Waals surface area contributed by atoms with Gasteiger partial charge in [0.15, 0.2) is 0 Å². The van der Waals surface area contributed by atoms with Crippen LogP contribution in [0.25, 0.3) is 0 Å². The predicted molar refractivity (Wildman–Crippen MR) is 120 cm³/mol. The molecular formula is C24H33N3O2. The number of hydrogen-bond acceptors (Lipinski definition) is 3. The highest BCUT2D eigenvalue weighted by Crippen LogP contribution is 2.26. The van der Waals surface area contributed by atoms with Crippen LogP contribution in [0, 0.1) is 12.3 Å². The molecule has 0 aliphatic rings. The number of carbonyl (C=O) groups excluding carboxylic acids is 2. The standard InChI is InChI=1S/C24H33N3O2/c1-7-27(8-2)20-14-15-21(17(3)16-20)26-23(29)24(5,6)22(28)25-18(4)19-12-10-9-11-13-19/h9-16,18H,7-8H2,1-6H3,(H,25,28)(H,26,29). The summed E-state index contributed by atoms with van der Waals surface area (Å²) in [4.78, 5) is 28.0. The van der Waals surface area contributed by atoms with Crippen molar-refractivity contribution < 1.29 is 9.59 Å². The number of aryl methyl sites for hydroxylation is 1. The van der Waals surface area contributed by atoms with Gasteiger partial charge in [0.05, 0.1) is 6.04 Å². The van der Waals surface area contributed by atoms with Gasteiger partial charge in [-0.25, -0.2) is 0 Å². The van der Waals surface area contributed by atoms with Gasteiger partial charge in [-0.15, -0.1) is 0 Å². The highest BCUT2D eigenvalue weighted by atomic mass is 16.2. The van der Waals surface area contributed by atoms with Gasteiger partial charge in [0, 0.05) is 24.5 Å². The minimum Gasteiger partial charge on any atom is -0.372 e. The highest BCUT2D eigenvalue weighted by molar-refractivity contribution is 6.10. The molecular weight excluding hydrogens is 362 g/mol. The van der Waals surface area contributed by atoms with Crippen LogP contribution in [0.4, 0.5) is 11.4 Å². The van der Waals surface area contributed by atoms with Crippen molar-refractivity contribution in [1.82, 2.24) is 5.32 Å². The molecule has 2 aromatic rings. The number of nitrogens with one attached hydrogen (secondary N) is 2. The lowest BCUT2D eigenvalue weighted by Crippen LogP contribution is -2.45. The van der Waals surface area contributed by atoms with Crippen LogP contribution in [0.2, 0.25) is 0 Å². The smallest absolute Gasteiger partial charge is 0.239 e. The number of amides is 2. The van der Waals surface area contributed by atoms with E-state index in [0.717, 1.165) is 35.6 Å². The van der Waals surface area contributed by atoms with E-state index in [-0.39, 0.29) is 17.9 Å². The zero-order chi connectivity index (χ0) is 21.6. The number of hydrogen-bond donors (Lipinski definition) is 2. The van der Waals surface area contributed by atoms with E-state index in [1.807, 2.05) is 56.3 Å². The second-order valence-electron chi connectivity index (χ2n) is 7.86. The Morgan fingerprint density at radius 2 is 1.62 bits per heavy atom. The van der Waals surface area contributed by atoms with Crippen LogP contribution in [0.3, 0.4) is 0 Å². The van der Waals surface area contributed by atoms with Gasteiger partial charge in [0.2, 0.25) is 11.8 Å². The summed E-state index contributed by atoms with van der Waals surface area (Å²) in [6, 6.07) is 15.5. The number of nitrogens with zero attached hydrogens (tertiary/aromatic N) is 1. The van der Waals surface area contributed by atoms with E-state index >= 15 is 0 Å². The SMILES string of the molecule is CCN(CC)c1ccc(NC(=O)C(C)(C)C(=O)NC(C)c2ccccc2)c(C)c1. The van der Waals surface area contributed by atoms with E-state index in [0.29, 0.717) is 0 Å². The fourth-order valence-electron chi connectivity index (χ4n) is 3.16. The fraction of sp³-hybridized carbons (Fsp3) is 0.417. The van der Waals surface area contributed by atoms with Gasteiger partial charge in [-0.2, -0.15) is 0 Å². The Morgan fingerprint density at radius 3 is 2.17 bits per heavy atom. The average Bonchev–Trinajstić information content (AvgIpc) is 2.71. The van der Waals surface area contributed by atoms with Gasteiger partial charge in [-0.3, -0.25) is 9.59 Å². The molecule has 0 heterocycles. The first-order valence-corrected chi connectivity index (χ1v) is 10.2. The lowest BCUT2D eigenvalue weighted by atomic mass is 9.90. The van der Waals surface area contributed by atoms with Crippen LogP contribution in [-0.2, 0) is 9.59 Å². The molecule has 1 atom stereocenters. The Morgan fingerprint density at radius 1 is 1.00 bits per heavy atom. The van der Waals surface area contributed by atoms with Crippen LogP contribution >= 0.6 is 0 Å². The molecule has 0 bridgehead atoms. The van der Waals surface area contributed by atoms with Crippen molar-refractivity contribution in [1.29, 1.82) is 0 Å². The Labute approximate surface area is 174 Å². The Bertz CT molecular complexity index is 842. The van der Waals surface area contributed by atoms with E-state index in [2.05, 4.69) is 35.4 Å². The Hall–Kier alpha value is -2.82. The quantitative estimate of drug-likeness (QED) is 0.638. The molecule has 0 saturated heterocycles. The molecule has 0 aliphatic heterocycles. The third kappa shape index (κ3) is 5.37. The first-order valence-electron chi connectivity index (χ1n) is 10.2. The lowest BCUT2D eigenvalue weighted by Gasteiger charge is -2.26. The summed E-state index contributed by atoms with van der Waals surface area (Å²) in [5, 5.41) is 5.88. The topological polar surface area (TPSA) is 61.4 Å². The average molecular weight is 396 g/mol. The molecule has 2 amide bonds. The number of anilines is 2. The lowest BCUT2D eigenvalue weighted by molar-refractivity contribution is -0.138. The Balaban J connectivity index is 2.09. The summed E-state index contributed by atoms with van der Waals surface area (Å²) in [5.41, 5.74) is 2.62. The zero-order valence-corrected chi connectivity index (χ0v) is 18.4. The predicted octanol–water partition coefficient (Wildman–Crippen LogP) is 4.68. The van der Waals surface area contributed by atoms with Crippen molar-refractivity contribution in [2.75, 3.05) is 23.3 Å². The molecule has 5 heteroatoms. The van der Waals surface area contributed by atoms with Gasteiger partial charge in [0.1, 0.15) is 5.41 Å². The third-order valence-electron chi connectivity index (χ3n) is 5.37. The maximum atomic E-state index is 12.9. The summed E-state index contributed by atoms with van der Waals surface area (Å²) < 4.78 is 0. The van der Waals surface area contributed by atoms with E-state index in [4.69, 9.17) is 0 Å². The molecule has 156 valence electrons. The first kappa shape index (κ1) is 22.5. The molecule has 2 rings (SSSR count). The van der Waals surface area contributed by atoms with Crippen LogP contribution in [0.1, 0.15) is 51.8 Å². The largest absolute Gasteiger partial charge is 0.372 e. The molecule has 1 unspecified atom stereocenters. The van der Waals surface area contributed by atoms with E-state index < -0.39 is 5.41 Å². The van der Waals surface area contributed by atoms with Gasteiger partial charge < -0.3 is 15.5 Å². The summed E-state index contributed by atoms with van der Waals surface area (Å²) in [6.07, 6.45) is 0. The van der Waals surface area contributed by atoms with Crippen LogP contribution in [0.5, 0.6) is 0 Å². The number of benzene rings is 2. The van der Waals surface area contributed by atoms with E-state index in [1.54, 1.807) is 13.8 Å². The highest BCUT2D eigenvalue weighted by Gasteiger charge is 2.37. The normalized spacial score (nSPS) is 12.2. The van der Waals surface area contributed by atoms with Crippen molar-refractivity contribution >= 4 is 23.2 Å². The van der Waals surface area contributed by atoms with Crippen LogP contribution < -0.4 is 15.5 Å². The molecule has 0 radical (unpaired) electrons. The molecule has 2 N–H and O–H groups in total. The number of rotatable bonds is 8. The summed E-state index contributed by atoms with van der Waals surface area (Å²) >= 11 is 0. The van der Waals surface area contributed by atoms with Crippen LogP contribution in [0.15, 0.2) is 48.5 Å². The molecule has 0 spiro atoms.